The minimum Gasteiger partial charge on any atom is -0.325 e. The van der Waals surface area contributed by atoms with Gasteiger partial charge in [-0.25, -0.2) is 0 Å². The quantitative estimate of drug-likeness (QED) is 0.761. The summed E-state index contributed by atoms with van der Waals surface area (Å²) >= 11 is 1.63. The van der Waals surface area contributed by atoms with E-state index in [0.717, 1.165) is 18.0 Å². The van der Waals surface area contributed by atoms with E-state index in [2.05, 4.69) is 11.0 Å². The lowest BCUT2D eigenvalue weighted by Gasteiger charge is -2.39. The maximum Gasteiger partial charge on any atom is 0.133 e. The number of hydrogen-bond acceptors (Lipinski definition) is 4. The summed E-state index contributed by atoms with van der Waals surface area (Å²) in [5.41, 5.74) is 5.67. The molecule has 1 aliphatic rings. The third-order valence-electron chi connectivity index (χ3n) is 2.24. The number of likely N-dealkylation sites (tertiary alicyclic amines) is 1. The van der Waals surface area contributed by atoms with E-state index in [1.54, 1.807) is 11.3 Å². The van der Waals surface area contributed by atoms with E-state index in [4.69, 9.17) is 11.0 Å². The van der Waals surface area contributed by atoms with Gasteiger partial charge in [-0.15, -0.1) is 11.3 Å². The Morgan fingerprint density at radius 3 is 2.92 bits per heavy atom. The molecule has 1 fully saturated rings. The first kappa shape index (κ1) is 8.70. The van der Waals surface area contributed by atoms with Crippen molar-refractivity contribution in [3.8, 4) is 6.07 Å². The lowest BCUT2D eigenvalue weighted by atomic mass is 10.1. The molecule has 68 valence electrons. The molecule has 0 bridgehead atoms. The van der Waals surface area contributed by atoms with Gasteiger partial charge in [-0.3, -0.25) is 4.90 Å². The monoisotopic (exact) mass is 193 g/mol. The minimum absolute atomic E-state index is 0.0835. The lowest BCUT2D eigenvalue weighted by Crippen LogP contribution is -2.56. The molecule has 0 aromatic carbocycles. The molecule has 0 aliphatic carbocycles. The molecule has 1 atom stereocenters. The Bertz CT molecular complexity index is 308. The molecule has 2 rings (SSSR count). The van der Waals surface area contributed by atoms with Gasteiger partial charge in [-0.2, -0.15) is 5.26 Å². The summed E-state index contributed by atoms with van der Waals surface area (Å²) in [7, 11) is 0. The van der Waals surface area contributed by atoms with Crippen molar-refractivity contribution in [1.82, 2.24) is 4.90 Å². The number of nitrogens with two attached hydrogens (primary N) is 1. The fourth-order valence-electron chi connectivity index (χ4n) is 1.53. The predicted octanol–water partition coefficient (Wildman–Crippen LogP) is 0.956. The molecule has 4 heteroatoms. The predicted molar refractivity (Wildman–Crippen MR) is 52.2 cm³/mol. The molecule has 1 aromatic rings. The van der Waals surface area contributed by atoms with Crippen molar-refractivity contribution >= 4 is 11.3 Å². The first-order valence-electron chi connectivity index (χ1n) is 4.24. The summed E-state index contributed by atoms with van der Waals surface area (Å²) in [6.45, 7) is 1.69. The van der Waals surface area contributed by atoms with E-state index in [1.807, 2.05) is 17.5 Å². The molecule has 3 nitrogen and oxygen atoms in total. The Morgan fingerprint density at radius 2 is 2.46 bits per heavy atom. The standard InChI is InChI=1S/C9H11N3S/c10-4-8(9-2-1-3-13-9)12-5-7(11)6-12/h1-3,7-8H,5-6,11H2/t8-/m0/s1. The molecule has 13 heavy (non-hydrogen) atoms. The van der Waals surface area contributed by atoms with Gasteiger partial charge in [0.15, 0.2) is 0 Å². The Morgan fingerprint density at radius 1 is 1.69 bits per heavy atom. The van der Waals surface area contributed by atoms with Gasteiger partial charge in [-0.1, -0.05) is 6.07 Å². The van der Waals surface area contributed by atoms with Gasteiger partial charge in [0.05, 0.1) is 6.07 Å². The summed E-state index contributed by atoms with van der Waals surface area (Å²) in [5.74, 6) is 0. The second-order valence-electron chi connectivity index (χ2n) is 3.26. The molecule has 0 unspecified atom stereocenters. The largest absolute Gasteiger partial charge is 0.325 e. The molecule has 0 radical (unpaired) electrons. The fraction of sp³-hybridized carbons (Fsp3) is 0.444. The van der Waals surface area contributed by atoms with Crippen LogP contribution in [0, 0.1) is 11.3 Å². The normalized spacial score (nSPS) is 20.6. The van der Waals surface area contributed by atoms with E-state index in [0.29, 0.717) is 0 Å². The van der Waals surface area contributed by atoms with Gasteiger partial charge >= 0.3 is 0 Å². The third-order valence-corrected chi connectivity index (χ3v) is 3.16. The number of rotatable bonds is 2. The van der Waals surface area contributed by atoms with Crippen LogP contribution in [0.15, 0.2) is 17.5 Å². The number of hydrogen-bond donors (Lipinski definition) is 1. The van der Waals surface area contributed by atoms with Crippen LogP contribution in [0.25, 0.3) is 0 Å². The zero-order chi connectivity index (χ0) is 9.26. The average Bonchev–Trinajstić information content (AvgIpc) is 2.55. The van der Waals surface area contributed by atoms with E-state index in [-0.39, 0.29) is 12.1 Å². The molecule has 1 aromatic heterocycles. The molecule has 1 aliphatic heterocycles. The van der Waals surface area contributed by atoms with Crippen LogP contribution >= 0.6 is 11.3 Å². The molecule has 0 spiro atoms. The Balaban J connectivity index is 2.08. The minimum atomic E-state index is -0.0835. The number of nitriles is 1. The Labute approximate surface area is 81.4 Å². The first-order valence-corrected chi connectivity index (χ1v) is 5.12. The smallest absolute Gasteiger partial charge is 0.133 e. The summed E-state index contributed by atoms with van der Waals surface area (Å²) in [6, 6.07) is 6.46. The third kappa shape index (κ3) is 1.59. The highest BCUT2D eigenvalue weighted by atomic mass is 32.1. The zero-order valence-corrected chi connectivity index (χ0v) is 8.00. The van der Waals surface area contributed by atoms with Crippen molar-refractivity contribution in [2.75, 3.05) is 13.1 Å². The van der Waals surface area contributed by atoms with Crippen LogP contribution in [0.1, 0.15) is 10.9 Å². The van der Waals surface area contributed by atoms with Gasteiger partial charge in [0.1, 0.15) is 6.04 Å². The van der Waals surface area contributed by atoms with Crippen LogP contribution < -0.4 is 5.73 Å². The van der Waals surface area contributed by atoms with E-state index in [9.17, 15) is 0 Å². The van der Waals surface area contributed by atoms with Crippen LogP contribution in [0.5, 0.6) is 0 Å². The second-order valence-corrected chi connectivity index (χ2v) is 4.24. The van der Waals surface area contributed by atoms with Crippen molar-refractivity contribution in [3.05, 3.63) is 22.4 Å². The second kappa shape index (κ2) is 3.46. The maximum atomic E-state index is 8.99. The van der Waals surface area contributed by atoms with Crippen LogP contribution in [0.4, 0.5) is 0 Å². The van der Waals surface area contributed by atoms with Crippen molar-refractivity contribution < 1.29 is 0 Å². The molecule has 0 amide bonds. The lowest BCUT2D eigenvalue weighted by molar-refractivity contribution is 0.123. The van der Waals surface area contributed by atoms with Crippen LogP contribution in [-0.4, -0.2) is 24.0 Å². The summed E-state index contributed by atoms with van der Waals surface area (Å²) in [4.78, 5) is 3.23. The summed E-state index contributed by atoms with van der Waals surface area (Å²) in [6.07, 6.45) is 0. The van der Waals surface area contributed by atoms with E-state index in [1.165, 1.54) is 0 Å². The van der Waals surface area contributed by atoms with Crippen molar-refractivity contribution in [3.63, 3.8) is 0 Å². The molecular formula is C9H11N3S. The first-order chi connectivity index (χ1) is 6.31. The molecule has 2 N–H and O–H groups in total. The summed E-state index contributed by atoms with van der Waals surface area (Å²) in [5, 5.41) is 11.0. The van der Waals surface area contributed by atoms with Gasteiger partial charge in [0, 0.05) is 24.0 Å². The van der Waals surface area contributed by atoms with Gasteiger partial charge in [0.25, 0.3) is 0 Å². The van der Waals surface area contributed by atoms with E-state index >= 15 is 0 Å². The highest BCUT2D eigenvalue weighted by molar-refractivity contribution is 7.10. The molecule has 1 saturated heterocycles. The fourth-order valence-corrected chi connectivity index (χ4v) is 2.33. The van der Waals surface area contributed by atoms with E-state index < -0.39 is 0 Å². The van der Waals surface area contributed by atoms with Crippen molar-refractivity contribution in [2.24, 2.45) is 5.73 Å². The Hall–Kier alpha value is -0.890. The van der Waals surface area contributed by atoms with Crippen LogP contribution in [-0.2, 0) is 0 Å². The van der Waals surface area contributed by atoms with Crippen LogP contribution in [0.2, 0.25) is 0 Å². The molecule has 2 heterocycles. The average molecular weight is 193 g/mol. The Kier molecular flexibility index (Phi) is 2.32. The van der Waals surface area contributed by atoms with Crippen molar-refractivity contribution in [2.45, 2.75) is 12.1 Å². The van der Waals surface area contributed by atoms with Crippen LogP contribution in [0.3, 0.4) is 0 Å². The number of nitrogens with zero attached hydrogens (tertiary/aromatic N) is 2. The summed E-state index contributed by atoms with van der Waals surface area (Å²) < 4.78 is 0. The van der Waals surface area contributed by atoms with Gasteiger partial charge in [-0.05, 0) is 11.4 Å². The highest BCUT2D eigenvalue weighted by Gasteiger charge is 2.31. The molecular weight excluding hydrogens is 182 g/mol. The zero-order valence-electron chi connectivity index (χ0n) is 7.18. The maximum absolute atomic E-state index is 8.99. The number of thiophene rings is 1. The highest BCUT2D eigenvalue weighted by Crippen LogP contribution is 2.27. The van der Waals surface area contributed by atoms with Crippen molar-refractivity contribution in [1.29, 1.82) is 5.26 Å². The SMILES string of the molecule is N#C[C@@H](c1cccs1)N1CC(N)C1. The topological polar surface area (TPSA) is 53.0 Å². The molecule has 0 saturated carbocycles. The van der Waals surface area contributed by atoms with Gasteiger partial charge in [0.2, 0.25) is 0 Å². The van der Waals surface area contributed by atoms with Gasteiger partial charge < -0.3 is 5.73 Å².